The van der Waals surface area contributed by atoms with Gasteiger partial charge in [0.05, 0.1) is 11.3 Å². The fraction of sp³-hybridized carbons (Fsp3) is 0.207. The van der Waals surface area contributed by atoms with Crippen molar-refractivity contribution in [2.45, 2.75) is 31.3 Å². The number of amides is 2. The molecule has 0 radical (unpaired) electrons. The number of likely N-dealkylation sites (N-methyl/N-ethyl adjacent to an activating group) is 1. The van der Waals surface area contributed by atoms with Crippen LogP contribution in [0.4, 0.5) is 0 Å². The summed E-state index contributed by atoms with van der Waals surface area (Å²) in [6, 6.07) is 23.2. The quantitative estimate of drug-likeness (QED) is 0.360. The first-order chi connectivity index (χ1) is 18.0. The van der Waals surface area contributed by atoms with Crippen LogP contribution in [0.15, 0.2) is 91.3 Å². The number of carbonyl (C=O) groups excluding carboxylic acids is 3. The molecule has 1 aliphatic rings. The largest absolute Gasteiger partial charge is 0.341 e. The van der Waals surface area contributed by atoms with Crippen molar-refractivity contribution >= 4 is 17.6 Å². The van der Waals surface area contributed by atoms with Crippen LogP contribution in [0.1, 0.15) is 28.8 Å². The second-order valence-electron chi connectivity index (χ2n) is 9.11. The van der Waals surface area contributed by atoms with E-state index in [0.717, 1.165) is 29.7 Å². The minimum Gasteiger partial charge on any atom is -0.341 e. The van der Waals surface area contributed by atoms with Gasteiger partial charge in [0.15, 0.2) is 5.82 Å². The van der Waals surface area contributed by atoms with Crippen molar-refractivity contribution in [1.82, 2.24) is 25.0 Å². The van der Waals surface area contributed by atoms with Crippen LogP contribution in [-0.4, -0.2) is 56.4 Å². The van der Waals surface area contributed by atoms with Gasteiger partial charge in [0.2, 0.25) is 5.78 Å². The highest BCUT2D eigenvalue weighted by molar-refractivity contribution is 6.38. The summed E-state index contributed by atoms with van der Waals surface area (Å²) in [5.41, 5.74) is 2.77. The number of benzene rings is 2. The molecular formula is C29H27N5O3. The van der Waals surface area contributed by atoms with Crippen LogP contribution in [0.3, 0.4) is 0 Å². The van der Waals surface area contributed by atoms with Crippen LogP contribution in [0.2, 0.25) is 0 Å². The SMILES string of the molecule is CN(C(=O)C(=O)C(Cc1ccccc1)NC(=O)c1cccnc1-n1ccc(-c2ccccc2)n1)C1CC1. The van der Waals surface area contributed by atoms with Gasteiger partial charge in [0.25, 0.3) is 11.8 Å². The number of ketones is 1. The van der Waals surface area contributed by atoms with E-state index in [2.05, 4.69) is 15.4 Å². The molecule has 0 bridgehead atoms. The summed E-state index contributed by atoms with van der Waals surface area (Å²) in [7, 11) is 1.64. The predicted octanol–water partition coefficient (Wildman–Crippen LogP) is 3.47. The van der Waals surface area contributed by atoms with Gasteiger partial charge in [-0.05, 0) is 36.6 Å². The number of hydrogen-bond donors (Lipinski definition) is 1. The van der Waals surface area contributed by atoms with Gasteiger partial charge >= 0.3 is 0 Å². The molecule has 5 rings (SSSR count). The number of aromatic nitrogens is 3. The number of pyridine rings is 1. The number of hydrogen-bond acceptors (Lipinski definition) is 5. The molecule has 8 nitrogen and oxygen atoms in total. The molecule has 4 aromatic rings. The van der Waals surface area contributed by atoms with Crippen molar-refractivity contribution < 1.29 is 14.4 Å². The Morgan fingerprint density at radius 3 is 2.38 bits per heavy atom. The molecule has 0 saturated heterocycles. The summed E-state index contributed by atoms with van der Waals surface area (Å²) in [4.78, 5) is 45.5. The van der Waals surface area contributed by atoms with Crippen LogP contribution >= 0.6 is 0 Å². The fourth-order valence-corrected chi connectivity index (χ4v) is 4.21. The second-order valence-corrected chi connectivity index (χ2v) is 9.11. The summed E-state index contributed by atoms with van der Waals surface area (Å²) in [6.07, 6.45) is 5.29. The Bertz CT molecular complexity index is 1410. The van der Waals surface area contributed by atoms with Crippen molar-refractivity contribution in [1.29, 1.82) is 0 Å². The maximum absolute atomic E-state index is 13.5. The molecule has 2 aromatic carbocycles. The highest BCUT2D eigenvalue weighted by Crippen LogP contribution is 2.26. The third-order valence-electron chi connectivity index (χ3n) is 6.44. The summed E-state index contributed by atoms with van der Waals surface area (Å²) < 4.78 is 1.54. The van der Waals surface area contributed by atoms with Crippen LogP contribution in [0, 0.1) is 0 Å². The van der Waals surface area contributed by atoms with E-state index in [9.17, 15) is 14.4 Å². The van der Waals surface area contributed by atoms with Gasteiger partial charge in [0.1, 0.15) is 6.04 Å². The number of nitrogens with one attached hydrogen (secondary N) is 1. The minimum absolute atomic E-state index is 0.0908. The molecule has 37 heavy (non-hydrogen) atoms. The lowest BCUT2D eigenvalue weighted by Gasteiger charge is -2.22. The molecule has 1 atom stereocenters. The monoisotopic (exact) mass is 493 g/mol. The van der Waals surface area contributed by atoms with Gasteiger partial charge in [-0.2, -0.15) is 5.10 Å². The van der Waals surface area contributed by atoms with Gasteiger partial charge in [-0.25, -0.2) is 9.67 Å². The molecular weight excluding hydrogens is 466 g/mol. The topological polar surface area (TPSA) is 97.2 Å². The standard InChI is InChI=1S/C29H27N5O3/c1-33(22-14-15-22)29(37)26(35)25(19-20-9-4-2-5-10-20)31-28(36)23-13-8-17-30-27(23)34-18-16-24(32-34)21-11-6-3-7-12-21/h2-13,16-18,22,25H,14-15,19H2,1H3,(H,31,36). The van der Waals surface area contributed by atoms with Crippen molar-refractivity contribution in [2.75, 3.05) is 7.05 Å². The number of rotatable bonds is 9. The predicted molar refractivity (Wildman–Crippen MR) is 139 cm³/mol. The van der Waals surface area contributed by atoms with Crippen molar-refractivity contribution in [3.63, 3.8) is 0 Å². The average molecular weight is 494 g/mol. The lowest BCUT2D eigenvalue weighted by molar-refractivity contribution is -0.145. The molecule has 1 aliphatic carbocycles. The van der Waals surface area contributed by atoms with Crippen LogP contribution in [0.25, 0.3) is 17.1 Å². The zero-order chi connectivity index (χ0) is 25.8. The first-order valence-electron chi connectivity index (χ1n) is 12.2. The Morgan fingerprint density at radius 2 is 1.68 bits per heavy atom. The molecule has 2 aromatic heterocycles. The fourth-order valence-electron chi connectivity index (χ4n) is 4.21. The van der Waals surface area contributed by atoms with E-state index in [4.69, 9.17) is 0 Å². The second kappa shape index (κ2) is 10.6. The van der Waals surface area contributed by atoms with E-state index in [0.29, 0.717) is 5.82 Å². The smallest absolute Gasteiger partial charge is 0.292 e. The summed E-state index contributed by atoms with van der Waals surface area (Å²) in [6.45, 7) is 0. The van der Waals surface area contributed by atoms with E-state index < -0.39 is 23.6 Å². The zero-order valence-electron chi connectivity index (χ0n) is 20.4. The molecule has 8 heteroatoms. The van der Waals surface area contributed by atoms with Crippen molar-refractivity contribution in [3.8, 4) is 17.1 Å². The first-order valence-corrected chi connectivity index (χ1v) is 12.2. The van der Waals surface area contributed by atoms with Gasteiger partial charge < -0.3 is 10.2 Å². The van der Waals surface area contributed by atoms with Gasteiger partial charge in [-0.1, -0.05) is 60.7 Å². The van der Waals surface area contributed by atoms with Crippen molar-refractivity contribution in [2.24, 2.45) is 0 Å². The Balaban J connectivity index is 1.41. The number of carbonyl (C=O) groups is 3. The molecule has 2 amide bonds. The van der Waals surface area contributed by atoms with E-state index in [1.54, 1.807) is 31.6 Å². The maximum Gasteiger partial charge on any atom is 0.292 e. The normalized spacial score (nSPS) is 13.5. The maximum atomic E-state index is 13.5. The summed E-state index contributed by atoms with van der Waals surface area (Å²) in [5.74, 6) is -1.40. The van der Waals surface area contributed by atoms with E-state index in [-0.39, 0.29) is 18.0 Å². The molecule has 0 spiro atoms. The molecule has 2 heterocycles. The molecule has 1 N–H and O–H groups in total. The first kappa shape index (κ1) is 24.1. The van der Waals surface area contributed by atoms with Gasteiger partial charge in [-0.15, -0.1) is 0 Å². The molecule has 1 saturated carbocycles. The van der Waals surface area contributed by atoms with Crippen LogP contribution in [0.5, 0.6) is 0 Å². The lowest BCUT2D eigenvalue weighted by atomic mass is 10.0. The minimum atomic E-state index is -1.02. The van der Waals surface area contributed by atoms with Crippen LogP contribution in [-0.2, 0) is 16.0 Å². The number of Topliss-reactive ketones (excluding diaryl/α,β-unsaturated/α-hetero) is 1. The van der Waals surface area contributed by atoms with Crippen LogP contribution < -0.4 is 5.32 Å². The third kappa shape index (κ3) is 5.48. The Labute approximate surface area is 215 Å². The molecule has 0 aliphatic heterocycles. The highest BCUT2D eigenvalue weighted by atomic mass is 16.2. The Kier molecular flexibility index (Phi) is 6.89. The third-order valence-corrected chi connectivity index (χ3v) is 6.44. The zero-order valence-corrected chi connectivity index (χ0v) is 20.4. The van der Waals surface area contributed by atoms with E-state index in [1.807, 2.05) is 66.7 Å². The summed E-state index contributed by atoms with van der Waals surface area (Å²) in [5, 5.41) is 7.41. The molecule has 1 fully saturated rings. The van der Waals surface area contributed by atoms with E-state index in [1.165, 1.54) is 9.58 Å². The molecule has 186 valence electrons. The summed E-state index contributed by atoms with van der Waals surface area (Å²) >= 11 is 0. The highest BCUT2D eigenvalue weighted by Gasteiger charge is 2.36. The van der Waals surface area contributed by atoms with Crippen molar-refractivity contribution in [3.05, 3.63) is 102 Å². The molecule has 1 unspecified atom stereocenters. The van der Waals surface area contributed by atoms with E-state index >= 15 is 0 Å². The Hall–Kier alpha value is -4.59. The van der Waals surface area contributed by atoms with Gasteiger partial charge in [-0.3, -0.25) is 14.4 Å². The van der Waals surface area contributed by atoms with Gasteiger partial charge in [0, 0.05) is 37.5 Å². The Morgan fingerprint density at radius 1 is 0.973 bits per heavy atom. The average Bonchev–Trinajstić information content (AvgIpc) is 3.68. The number of nitrogens with zero attached hydrogens (tertiary/aromatic N) is 4. The lowest BCUT2D eigenvalue weighted by Crippen LogP contribution is -2.49.